The van der Waals surface area contributed by atoms with Gasteiger partial charge in [-0.2, -0.15) is 0 Å². The number of carbonyl (C=O) groups excluding carboxylic acids is 2. The lowest BCUT2D eigenvalue weighted by Crippen LogP contribution is -2.49. The Kier molecular flexibility index (Phi) is 5.87. The summed E-state index contributed by atoms with van der Waals surface area (Å²) in [7, 11) is 1.61. The highest BCUT2D eigenvalue weighted by molar-refractivity contribution is 5.94. The van der Waals surface area contributed by atoms with Gasteiger partial charge >= 0.3 is 0 Å². The van der Waals surface area contributed by atoms with Gasteiger partial charge in [0.25, 0.3) is 11.8 Å². The highest BCUT2D eigenvalue weighted by Crippen LogP contribution is 2.51. The van der Waals surface area contributed by atoms with Gasteiger partial charge in [0.05, 0.1) is 7.11 Å². The molecule has 33 heavy (non-hydrogen) atoms. The maximum atomic E-state index is 13.3. The normalized spacial score (nSPS) is 25.9. The first-order valence-corrected chi connectivity index (χ1v) is 12.0. The standard InChI is InChI=1S/C27H32N2O4/c1-33-21-13-11-18(12-14-21)25(30)29-16-23-22(24(23)17-29)15-28-26(31)27(32,20-9-5-6-10-20)19-7-3-2-4-8-19/h2-4,7-8,11-14,20,22-24,32H,5-6,9-10,15-17H2,1H3,(H,28,31)/t22?,23-,24+,27?. The van der Waals surface area contributed by atoms with E-state index in [-0.39, 0.29) is 17.7 Å². The van der Waals surface area contributed by atoms with Crippen molar-refractivity contribution in [1.82, 2.24) is 10.2 Å². The molecule has 2 saturated carbocycles. The van der Waals surface area contributed by atoms with Crippen LogP contribution in [0.15, 0.2) is 54.6 Å². The lowest BCUT2D eigenvalue weighted by Gasteiger charge is -2.33. The third-order valence-electron chi connectivity index (χ3n) is 8.00. The molecule has 0 bridgehead atoms. The summed E-state index contributed by atoms with van der Waals surface area (Å²) in [6.45, 7) is 2.00. The van der Waals surface area contributed by atoms with E-state index in [9.17, 15) is 14.7 Å². The van der Waals surface area contributed by atoms with Crippen LogP contribution in [-0.2, 0) is 10.4 Å². The molecule has 3 aliphatic rings. The molecule has 0 aromatic heterocycles. The van der Waals surface area contributed by atoms with Crippen molar-refractivity contribution in [3.63, 3.8) is 0 Å². The number of amides is 2. The molecule has 1 saturated heterocycles. The van der Waals surface area contributed by atoms with Gasteiger partial charge in [0.1, 0.15) is 5.75 Å². The lowest BCUT2D eigenvalue weighted by molar-refractivity contribution is -0.147. The van der Waals surface area contributed by atoms with Gasteiger partial charge in [-0.15, -0.1) is 0 Å². The fraction of sp³-hybridized carbons (Fsp3) is 0.481. The molecule has 2 N–H and O–H groups in total. The molecule has 4 atom stereocenters. The molecule has 1 aliphatic heterocycles. The summed E-state index contributed by atoms with van der Waals surface area (Å²) >= 11 is 0. The van der Waals surface area contributed by atoms with Crippen LogP contribution in [0, 0.1) is 23.7 Å². The zero-order valence-corrected chi connectivity index (χ0v) is 19.1. The van der Waals surface area contributed by atoms with Crippen LogP contribution in [0.1, 0.15) is 41.6 Å². The van der Waals surface area contributed by atoms with E-state index in [0.717, 1.165) is 44.5 Å². The molecule has 0 spiro atoms. The van der Waals surface area contributed by atoms with Crippen LogP contribution >= 0.6 is 0 Å². The topological polar surface area (TPSA) is 78.9 Å². The second kappa shape index (κ2) is 8.82. The van der Waals surface area contributed by atoms with Gasteiger partial charge in [-0.3, -0.25) is 9.59 Å². The zero-order valence-electron chi connectivity index (χ0n) is 19.1. The summed E-state index contributed by atoms with van der Waals surface area (Å²) in [5.41, 5.74) is -0.119. The minimum Gasteiger partial charge on any atom is -0.497 e. The van der Waals surface area contributed by atoms with E-state index < -0.39 is 5.60 Å². The van der Waals surface area contributed by atoms with Crippen molar-refractivity contribution in [2.75, 3.05) is 26.7 Å². The number of carbonyl (C=O) groups is 2. The average molecular weight is 449 g/mol. The SMILES string of the molecule is COc1ccc(C(=O)N2C[C@@H]3C(CNC(=O)C(O)(c4ccccc4)C4CCCC4)[C@@H]3C2)cc1. The number of nitrogens with one attached hydrogen (secondary N) is 1. The Morgan fingerprint density at radius 1 is 1.03 bits per heavy atom. The van der Waals surface area contributed by atoms with Crippen LogP contribution in [0.4, 0.5) is 0 Å². The number of hydrogen-bond donors (Lipinski definition) is 2. The molecule has 2 aromatic carbocycles. The number of fused-ring (bicyclic) bond motifs is 1. The van der Waals surface area contributed by atoms with Crippen molar-refractivity contribution in [1.29, 1.82) is 0 Å². The Hall–Kier alpha value is -2.86. The Balaban J connectivity index is 1.17. The van der Waals surface area contributed by atoms with E-state index in [4.69, 9.17) is 4.74 Å². The molecule has 174 valence electrons. The Morgan fingerprint density at radius 2 is 1.67 bits per heavy atom. The van der Waals surface area contributed by atoms with Crippen molar-refractivity contribution in [2.45, 2.75) is 31.3 Å². The van der Waals surface area contributed by atoms with Crippen molar-refractivity contribution in [3.8, 4) is 5.75 Å². The van der Waals surface area contributed by atoms with E-state index in [1.54, 1.807) is 31.4 Å². The number of nitrogens with zero attached hydrogens (tertiary/aromatic N) is 1. The number of methoxy groups -OCH3 is 1. The van der Waals surface area contributed by atoms with Crippen LogP contribution in [0.3, 0.4) is 0 Å². The van der Waals surface area contributed by atoms with Crippen molar-refractivity contribution >= 4 is 11.8 Å². The molecule has 3 fully saturated rings. The van der Waals surface area contributed by atoms with Crippen LogP contribution < -0.4 is 10.1 Å². The number of benzene rings is 2. The van der Waals surface area contributed by atoms with Gasteiger partial charge in [-0.25, -0.2) is 0 Å². The largest absolute Gasteiger partial charge is 0.497 e. The third kappa shape index (κ3) is 4.01. The molecular formula is C27H32N2O4. The quantitative estimate of drug-likeness (QED) is 0.682. The van der Waals surface area contributed by atoms with Gasteiger partial charge in [0, 0.05) is 31.1 Å². The first-order valence-electron chi connectivity index (χ1n) is 12.0. The van der Waals surface area contributed by atoms with E-state index >= 15 is 0 Å². The van der Waals surface area contributed by atoms with Crippen molar-refractivity contribution < 1.29 is 19.4 Å². The Bertz CT molecular complexity index is 991. The Labute approximate surface area is 194 Å². The predicted octanol–water partition coefficient (Wildman–Crippen LogP) is 3.21. The number of aliphatic hydroxyl groups is 1. The molecule has 5 rings (SSSR count). The monoisotopic (exact) mass is 448 g/mol. The van der Waals surface area contributed by atoms with Crippen molar-refractivity contribution in [3.05, 3.63) is 65.7 Å². The number of rotatable bonds is 7. The maximum Gasteiger partial charge on any atom is 0.256 e. The maximum absolute atomic E-state index is 13.3. The van der Waals surface area contributed by atoms with Gasteiger partial charge in [-0.1, -0.05) is 43.2 Å². The fourth-order valence-electron chi connectivity index (χ4n) is 5.97. The third-order valence-corrected chi connectivity index (χ3v) is 8.00. The summed E-state index contributed by atoms with van der Waals surface area (Å²) in [5.74, 6) is 1.67. The molecule has 2 aromatic rings. The molecule has 6 heteroatoms. The lowest BCUT2D eigenvalue weighted by atomic mass is 9.79. The number of hydrogen-bond acceptors (Lipinski definition) is 4. The van der Waals surface area contributed by atoms with Crippen LogP contribution in [0.5, 0.6) is 5.75 Å². The molecule has 1 heterocycles. The van der Waals surface area contributed by atoms with Gasteiger partial charge in [0.15, 0.2) is 5.60 Å². The summed E-state index contributed by atoms with van der Waals surface area (Å²) < 4.78 is 5.17. The molecular weight excluding hydrogens is 416 g/mol. The molecule has 2 aliphatic carbocycles. The smallest absolute Gasteiger partial charge is 0.256 e. The second-order valence-electron chi connectivity index (χ2n) is 9.75. The van der Waals surface area contributed by atoms with Gasteiger partial charge in [0.2, 0.25) is 0 Å². The molecule has 6 nitrogen and oxygen atoms in total. The zero-order chi connectivity index (χ0) is 23.0. The van der Waals surface area contributed by atoms with Crippen molar-refractivity contribution in [2.24, 2.45) is 23.7 Å². The summed E-state index contributed by atoms with van der Waals surface area (Å²) in [6.07, 6.45) is 3.85. The number of likely N-dealkylation sites (tertiary alicyclic amines) is 1. The van der Waals surface area contributed by atoms with Gasteiger partial charge in [-0.05, 0) is 60.4 Å². The first kappa shape index (κ1) is 22.0. The fourth-order valence-corrected chi connectivity index (χ4v) is 5.97. The van der Waals surface area contributed by atoms with Crippen LogP contribution in [-0.4, -0.2) is 48.6 Å². The average Bonchev–Trinajstić information content (AvgIpc) is 3.27. The van der Waals surface area contributed by atoms with Crippen LogP contribution in [0.2, 0.25) is 0 Å². The van der Waals surface area contributed by atoms with Gasteiger partial charge < -0.3 is 20.1 Å². The van der Waals surface area contributed by atoms with E-state index in [2.05, 4.69) is 5.32 Å². The molecule has 0 radical (unpaired) electrons. The first-order chi connectivity index (χ1) is 16.0. The number of piperidine rings is 1. The Morgan fingerprint density at radius 3 is 2.27 bits per heavy atom. The highest BCUT2D eigenvalue weighted by atomic mass is 16.5. The second-order valence-corrected chi connectivity index (χ2v) is 9.75. The number of ether oxygens (including phenoxy) is 1. The van der Waals surface area contributed by atoms with E-state index in [0.29, 0.717) is 35.4 Å². The highest BCUT2D eigenvalue weighted by Gasteiger charge is 2.57. The minimum atomic E-state index is -1.47. The molecule has 2 amide bonds. The van der Waals surface area contributed by atoms with E-state index in [1.807, 2.05) is 35.2 Å². The molecule has 2 unspecified atom stereocenters. The van der Waals surface area contributed by atoms with E-state index in [1.165, 1.54) is 0 Å². The van der Waals surface area contributed by atoms with Crippen LogP contribution in [0.25, 0.3) is 0 Å². The predicted molar refractivity (Wildman–Crippen MR) is 125 cm³/mol. The summed E-state index contributed by atoms with van der Waals surface area (Å²) in [6, 6.07) is 16.6. The summed E-state index contributed by atoms with van der Waals surface area (Å²) in [5, 5.41) is 14.7. The minimum absolute atomic E-state index is 0.0452. The summed E-state index contributed by atoms with van der Waals surface area (Å²) in [4.78, 5) is 28.0.